The highest BCUT2D eigenvalue weighted by atomic mass is 32.2. The molecule has 0 bridgehead atoms. The second-order valence-corrected chi connectivity index (χ2v) is 6.19. The molecule has 0 atom stereocenters. The quantitative estimate of drug-likeness (QED) is 0.785. The fraction of sp³-hybridized carbons (Fsp3) is 0.353. The van der Waals surface area contributed by atoms with E-state index in [2.05, 4.69) is 48.4 Å². The zero-order chi connectivity index (χ0) is 14.2. The second-order valence-electron chi connectivity index (χ2n) is 5.09. The van der Waals surface area contributed by atoms with Crippen molar-refractivity contribution in [1.29, 1.82) is 0 Å². The average Bonchev–Trinajstić information content (AvgIpc) is 2.43. The SMILES string of the molecule is Cc1cc(C)cc(CSCCNCc2cccnc2)c1. The lowest BCUT2D eigenvalue weighted by Gasteiger charge is -2.06. The lowest BCUT2D eigenvalue weighted by atomic mass is 10.1. The Hall–Kier alpha value is -1.32. The number of nitrogens with one attached hydrogen (secondary N) is 1. The molecule has 0 spiro atoms. The van der Waals surface area contributed by atoms with E-state index in [9.17, 15) is 0 Å². The largest absolute Gasteiger partial charge is 0.312 e. The second kappa shape index (κ2) is 8.08. The van der Waals surface area contributed by atoms with Crippen molar-refractivity contribution in [1.82, 2.24) is 10.3 Å². The fourth-order valence-corrected chi connectivity index (χ4v) is 3.06. The van der Waals surface area contributed by atoms with Crippen LogP contribution in [0.15, 0.2) is 42.7 Å². The summed E-state index contributed by atoms with van der Waals surface area (Å²) in [5.74, 6) is 2.23. The first kappa shape index (κ1) is 15.1. The number of thioether (sulfide) groups is 1. The summed E-state index contributed by atoms with van der Waals surface area (Å²) >= 11 is 1.98. The third-order valence-electron chi connectivity index (χ3n) is 3.03. The number of aromatic nitrogens is 1. The first-order valence-corrected chi connectivity index (χ1v) is 8.14. The molecule has 2 nitrogen and oxygen atoms in total. The molecule has 0 unspecified atom stereocenters. The lowest BCUT2D eigenvalue weighted by Crippen LogP contribution is -2.16. The van der Waals surface area contributed by atoms with Crippen LogP contribution < -0.4 is 5.32 Å². The molecule has 1 N–H and O–H groups in total. The van der Waals surface area contributed by atoms with Crippen molar-refractivity contribution >= 4 is 11.8 Å². The van der Waals surface area contributed by atoms with Crippen molar-refractivity contribution in [2.75, 3.05) is 12.3 Å². The molecule has 0 aliphatic carbocycles. The maximum atomic E-state index is 4.11. The van der Waals surface area contributed by atoms with Crippen LogP contribution in [-0.2, 0) is 12.3 Å². The van der Waals surface area contributed by atoms with Gasteiger partial charge in [-0.2, -0.15) is 11.8 Å². The Morgan fingerprint density at radius 2 is 1.90 bits per heavy atom. The highest BCUT2D eigenvalue weighted by Crippen LogP contribution is 2.15. The van der Waals surface area contributed by atoms with E-state index in [-0.39, 0.29) is 0 Å². The van der Waals surface area contributed by atoms with E-state index in [0.717, 1.165) is 24.6 Å². The predicted octanol–water partition coefficient (Wildman–Crippen LogP) is 3.72. The molecule has 1 aromatic heterocycles. The minimum Gasteiger partial charge on any atom is -0.312 e. The van der Waals surface area contributed by atoms with Crippen molar-refractivity contribution < 1.29 is 0 Å². The monoisotopic (exact) mass is 286 g/mol. The summed E-state index contributed by atoms with van der Waals surface area (Å²) in [5.41, 5.74) is 5.39. The topological polar surface area (TPSA) is 24.9 Å². The molecule has 0 saturated carbocycles. The summed E-state index contributed by atoms with van der Waals surface area (Å²) in [4.78, 5) is 4.11. The summed E-state index contributed by atoms with van der Waals surface area (Å²) < 4.78 is 0. The molecule has 0 radical (unpaired) electrons. The highest BCUT2D eigenvalue weighted by Gasteiger charge is 1.97. The van der Waals surface area contributed by atoms with Gasteiger partial charge in [-0.25, -0.2) is 0 Å². The summed E-state index contributed by atoms with van der Waals surface area (Å²) in [6.07, 6.45) is 3.72. The van der Waals surface area contributed by atoms with Crippen LogP contribution in [0.5, 0.6) is 0 Å². The van der Waals surface area contributed by atoms with Crippen LogP contribution in [0.25, 0.3) is 0 Å². The first-order chi connectivity index (χ1) is 9.74. The molecule has 20 heavy (non-hydrogen) atoms. The Kier molecular flexibility index (Phi) is 6.09. The summed E-state index contributed by atoms with van der Waals surface area (Å²) in [7, 11) is 0. The zero-order valence-corrected chi connectivity index (χ0v) is 13.0. The van der Waals surface area contributed by atoms with Gasteiger partial charge in [-0.15, -0.1) is 0 Å². The van der Waals surface area contributed by atoms with Gasteiger partial charge in [0.05, 0.1) is 0 Å². The van der Waals surface area contributed by atoms with Gasteiger partial charge in [-0.3, -0.25) is 4.98 Å². The highest BCUT2D eigenvalue weighted by molar-refractivity contribution is 7.98. The Labute approximate surface area is 126 Å². The van der Waals surface area contributed by atoms with Crippen LogP contribution in [0.1, 0.15) is 22.3 Å². The van der Waals surface area contributed by atoms with E-state index in [4.69, 9.17) is 0 Å². The Bertz CT molecular complexity index is 506. The smallest absolute Gasteiger partial charge is 0.0312 e. The molecule has 0 aliphatic rings. The van der Waals surface area contributed by atoms with Gasteiger partial charge in [0.2, 0.25) is 0 Å². The number of aryl methyl sites for hydroxylation is 2. The number of hydrogen-bond donors (Lipinski definition) is 1. The number of rotatable bonds is 7. The number of nitrogens with zero attached hydrogens (tertiary/aromatic N) is 1. The number of pyridine rings is 1. The van der Waals surface area contributed by atoms with Gasteiger partial charge in [-0.1, -0.05) is 35.4 Å². The van der Waals surface area contributed by atoms with Crippen molar-refractivity contribution in [2.45, 2.75) is 26.1 Å². The Morgan fingerprint density at radius 1 is 1.10 bits per heavy atom. The third-order valence-corrected chi connectivity index (χ3v) is 4.06. The van der Waals surface area contributed by atoms with Crippen LogP contribution in [-0.4, -0.2) is 17.3 Å². The van der Waals surface area contributed by atoms with Crippen LogP contribution in [0.4, 0.5) is 0 Å². The van der Waals surface area contributed by atoms with Gasteiger partial charge in [0.1, 0.15) is 0 Å². The molecule has 0 saturated heterocycles. The molecule has 1 heterocycles. The summed E-state index contributed by atoms with van der Waals surface area (Å²) in [6.45, 7) is 6.26. The van der Waals surface area contributed by atoms with Gasteiger partial charge in [0.15, 0.2) is 0 Å². The molecule has 2 rings (SSSR count). The molecular formula is C17H22N2S. The molecule has 1 aromatic carbocycles. The van der Waals surface area contributed by atoms with Gasteiger partial charge >= 0.3 is 0 Å². The van der Waals surface area contributed by atoms with Gasteiger partial charge in [0.25, 0.3) is 0 Å². The molecule has 0 aliphatic heterocycles. The van der Waals surface area contributed by atoms with Gasteiger partial charge in [-0.05, 0) is 31.0 Å². The van der Waals surface area contributed by atoms with Crippen molar-refractivity contribution in [3.63, 3.8) is 0 Å². The first-order valence-electron chi connectivity index (χ1n) is 6.98. The molecule has 2 aromatic rings. The van der Waals surface area contributed by atoms with Crippen LogP contribution in [0.2, 0.25) is 0 Å². The molecular weight excluding hydrogens is 264 g/mol. The number of benzene rings is 1. The normalized spacial score (nSPS) is 10.7. The molecule has 3 heteroatoms. The third kappa shape index (κ3) is 5.35. The molecule has 106 valence electrons. The van der Waals surface area contributed by atoms with E-state index in [0.29, 0.717) is 0 Å². The van der Waals surface area contributed by atoms with E-state index in [1.54, 1.807) is 0 Å². The maximum absolute atomic E-state index is 4.11. The summed E-state index contributed by atoms with van der Waals surface area (Å²) in [6, 6.07) is 10.9. The Balaban J connectivity index is 1.62. The minimum absolute atomic E-state index is 0.901. The molecule has 0 amide bonds. The van der Waals surface area contributed by atoms with E-state index < -0.39 is 0 Å². The zero-order valence-electron chi connectivity index (χ0n) is 12.2. The lowest BCUT2D eigenvalue weighted by molar-refractivity contribution is 0.729. The number of hydrogen-bond acceptors (Lipinski definition) is 3. The average molecular weight is 286 g/mol. The summed E-state index contributed by atoms with van der Waals surface area (Å²) in [5, 5.41) is 3.45. The van der Waals surface area contributed by atoms with Gasteiger partial charge in [0, 0.05) is 37.0 Å². The van der Waals surface area contributed by atoms with Gasteiger partial charge < -0.3 is 5.32 Å². The minimum atomic E-state index is 0.901. The van der Waals surface area contributed by atoms with E-state index in [1.165, 1.54) is 22.3 Å². The van der Waals surface area contributed by atoms with Crippen LogP contribution in [0.3, 0.4) is 0 Å². The van der Waals surface area contributed by atoms with E-state index >= 15 is 0 Å². The fourth-order valence-electron chi connectivity index (χ4n) is 2.22. The van der Waals surface area contributed by atoms with Crippen molar-refractivity contribution in [3.05, 3.63) is 65.0 Å². The standard InChI is InChI=1S/C17H22N2S/c1-14-8-15(2)10-17(9-14)13-20-7-6-19-12-16-4-3-5-18-11-16/h3-5,8-11,19H,6-7,12-13H2,1-2H3. The predicted molar refractivity (Wildman–Crippen MR) is 88.0 cm³/mol. The van der Waals surface area contributed by atoms with Crippen LogP contribution >= 0.6 is 11.8 Å². The Morgan fingerprint density at radius 3 is 2.60 bits per heavy atom. The maximum Gasteiger partial charge on any atom is 0.0312 e. The molecule has 0 fully saturated rings. The van der Waals surface area contributed by atoms with Crippen LogP contribution in [0, 0.1) is 13.8 Å². The van der Waals surface area contributed by atoms with E-state index in [1.807, 2.05) is 30.2 Å². The van der Waals surface area contributed by atoms with Crippen molar-refractivity contribution in [2.24, 2.45) is 0 Å². The van der Waals surface area contributed by atoms with Crippen molar-refractivity contribution in [3.8, 4) is 0 Å².